The molecule has 0 saturated carbocycles. The number of aryl methyl sites for hydroxylation is 2. The molecule has 0 radical (unpaired) electrons. The van der Waals surface area contributed by atoms with E-state index in [2.05, 4.69) is 9.80 Å². The fraction of sp³-hybridized carbons (Fsp3) is 0.600. The molecule has 1 aromatic heterocycles. The first kappa shape index (κ1) is 21.9. The molecule has 2 aliphatic rings. The molecule has 0 bridgehead atoms. The summed E-state index contributed by atoms with van der Waals surface area (Å²) in [6.45, 7) is 7.85. The Labute approximate surface area is 183 Å². The van der Waals surface area contributed by atoms with Crippen molar-refractivity contribution in [2.24, 2.45) is 5.92 Å². The van der Waals surface area contributed by atoms with Crippen molar-refractivity contribution in [1.29, 1.82) is 0 Å². The van der Waals surface area contributed by atoms with Gasteiger partial charge in [-0.3, -0.25) is 9.69 Å². The first-order chi connectivity index (χ1) is 15.0. The van der Waals surface area contributed by atoms with Gasteiger partial charge in [-0.15, -0.1) is 0 Å². The number of aromatic hydroxyl groups is 1. The number of phenols is 1. The van der Waals surface area contributed by atoms with E-state index in [1.54, 1.807) is 0 Å². The number of rotatable bonds is 4. The highest BCUT2D eigenvalue weighted by atomic mass is 16.4. The zero-order valence-electron chi connectivity index (χ0n) is 18.8. The van der Waals surface area contributed by atoms with Gasteiger partial charge in [-0.25, -0.2) is 4.79 Å². The van der Waals surface area contributed by atoms with Crippen LogP contribution >= 0.6 is 0 Å². The van der Waals surface area contributed by atoms with Crippen molar-refractivity contribution in [1.82, 2.24) is 9.80 Å². The molecular weight excluding hydrogens is 392 g/mol. The topological polar surface area (TPSA) is 74.0 Å². The van der Waals surface area contributed by atoms with Gasteiger partial charge in [0.2, 0.25) is 5.91 Å². The van der Waals surface area contributed by atoms with Crippen molar-refractivity contribution >= 4 is 16.9 Å². The van der Waals surface area contributed by atoms with E-state index in [1.165, 1.54) is 18.9 Å². The lowest BCUT2D eigenvalue weighted by atomic mass is 9.94. The highest BCUT2D eigenvalue weighted by molar-refractivity contribution is 5.86. The molecule has 1 aromatic carbocycles. The van der Waals surface area contributed by atoms with Crippen LogP contribution in [0.25, 0.3) is 11.0 Å². The third kappa shape index (κ3) is 4.64. The molecular formula is C25H34N2O4. The van der Waals surface area contributed by atoms with E-state index >= 15 is 0 Å². The van der Waals surface area contributed by atoms with Crippen LogP contribution in [0.2, 0.25) is 0 Å². The van der Waals surface area contributed by atoms with Gasteiger partial charge in [0, 0.05) is 37.0 Å². The van der Waals surface area contributed by atoms with Crippen LogP contribution in [0.5, 0.6) is 5.75 Å². The van der Waals surface area contributed by atoms with E-state index in [0.717, 1.165) is 68.4 Å². The van der Waals surface area contributed by atoms with E-state index in [1.807, 2.05) is 19.9 Å². The fourth-order valence-corrected chi connectivity index (χ4v) is 5.09. The van der Waals surface area contributed by atoms with Crippen LogP contribution in [0.3, 0.4) is 0 Å². The minimum atomic E-state index is -0.392. The molecule has 0 spiro atoms. The smallest absolute Gasteiger partial charge is 0.336 e. The molecule has 2 aliphatic heterocycles. The Balaban J connectivity index is 1.50. The highest BCUT2D eigenvalue weighted by Gasteiger charge is 2.29. The van der Waals surface area contributed by atoms with E-state index in [9.17, 15) is 14.7 Å². The summed E-state index contributed by atoms with van der Waals surface area (Å²) in [5, 5.41) is 11.8. The van der Waals surface area contributed by atoms with Gasteiger partial charge in [0.05, 0.1) is 5.56 Å². The molecule has 4 rings (SSSR count). The lowest BCUT2D eigenvalue weighted by molar-refractivity contribution is -0.137. The van der Waals surface area contributed by atoms with Crippen molar-refractivity contribution < 1.29 is 14.3 Å². The third-order valence-corrected chi connectivity index (χ3v) is 7.01. The van der Waals surface area contributed by atoms with Gasteiger partial charge in [0.1, 0.15) is 11.3 Å². The minimum Gasteiger partial charge on any atom is -0.507 e. The molecule has 0 unspecified atom stereocenters. The van der Waals surface area contributed by atoms with Crippen molar-refractivity contribution in [3.05, 3.63) is 39.2 Å². The normalized spacial score (nSPS) is 19.0. The van der Waals surface area contributed by atoms with E-state index in [0.29, 0.717) is 30.0 Å². The second-order valence-electron chi connectivity index (χ2n) is 9.13. The van der Waals surface area contributed by atoms with Gasteiger partial charge < -0.3 is 14.4 Å². The number of likely N-dealkylation sites (tertiary alicyclic amines) is 2. The lowest BCUT2D eigenvalue weighted by Gasteiger charge is -2.34. The number of piperidine rings is 1. The second-order valence-corrected chi connectivity index (χ2v) is 9.13. The summed E-state index contributed by atoms with van der Waals surface area (Å²) in [7, 11) is 0. The number of carbonyl (C=O) groups excluding carboxylic acids is 1. The monoisotopic (exact) mass is 426 g/mol. The molecule has 6 heteroatoms. The SMILES string of the molecule is CCc1cc2c(C)cc(=O)oc2c(CN2CCC(C(=O)N3CCCCCC3)CC2)c1O. The number of hydrogen-bond donors (Lipinski definition) is 1. The number of nitrogens with zero attached hydrogens (tertiary/aromatic N) is 2. The van der Waals surface area contributed by atoms with Gasteiger partial charge >= 0.3 is 5.63 Å². The van der Waals surface area contributed by atoms with Gasteiger partial charge in [0.15, 0.2) is 0 Å². The van der Waals surface area contributed by atoms with Gasteiger partial charge in [-0.05, 0) is 69.3 Å². The summed E-state index contributed by atoms with van der Waals surface area (Å²) in [6.07, 6.45) is 7.08. The summed E-state index contributed by atoms with van der Waals surface area (Å²) >= 11 is 0. The van der Waals surface area contributed by atoms with Gasteiger partial charge in [-0.2, -0.15) is 0 Å². The van der Waals surface area contributed by atoms with E-state index in [4.69, 9.17) is 4.42 Å². The predicted octanol–water partition coefficient (Wildman–Crippen LogP) is 3.98. The number of amides is 1. The quantitative estimate of drug-likeness (QED) is 0.749. The maximum Gasteiger partial charge on any atom is 0.336 e. The van der Waals surface area contributed by atoms with E-state index < -0.39 is 5.63 Å². The van der Waals surface area contributed by atoms with Crippen LogP contribution in [0.1, 0.15) is 62.1 Å². The summed E-state index contributed by atoms with van der Waals surface area (Å²) in [4.78, 5) is 29.3. The van der Waals surface area contributed by atoms with Crippen molar-refractivity contribution in [3.8, 4) is 5.75 Å². The molecule has 3 heterocycles. The Morgan fingerprint density at radius 2 is 1.77 bits per heavy atom. The molecule has 2 aromatic rings. The maximum absolute atomic E-state index is 13.0. The third-order valence-electron chi connectivity index (χ3n) is 7.01. The Bertz CT molecular complexity index is 997. The van der Waals surface area contributed by atoms with Crippen LogP contribution < -0.4 is 5.63 Å². The molecule has 31 heavy (non-hydrogen) atoms. The Hall–Kier alpha value is -2.34. The Morgan fingerprint density at radius 3 is 2.42 bits per heavy atom. The molecule has 0 atom stereocenters. The van der Waals surface area contributed by atoms with Gasteiger partial charge in [-0.1, -0.05) is 19.8 Å². The maximum atomic E-state index is 13.0. The number of benzene rings is 1. The molecule has 2 fully saturated rings. The molecule has 6 nitrogen and oxygen atoms in total. The summed E-state index contributed by atoms with van der Waals surface area (Å²) in [5.74, 6) is 0.651. The Morgan fingerprint density at radius 1 is 1.10 bits per heavy atom. The molecule has 1 amide bonds. The average molecular weight is 427 g/mol. The van der Waals surface area contributed by atoms with Crippen LogP contribution in [-0.2, 0) is 17.8 Å². The van der Waals surface area contributed by atoms with Crippen LogP contribution in [0.15, 0.2) is 21.3 Å². The molecule has 168 valence electrons. The van der Waals surface area contributed by atoms with Crippen LogP contribution in [0, 0.1) is 12.8 Å². The van der Waals surface area contributed by atoms with Crippen molar-refractivity contribution in [2.75, 3.05) is 26.2 Å². The Kier molecular flexibility index (Phi) is 6.65. The lowest BCUT2D eigenvalue weighted by Crippen LogP contribution is -2.42. The average Bonchev–Trinajstić information content (AvgIpc) is 3.05. The summed E-state index contributed by atoms with van der Waals surface area (Å²) in [5.41, 5.74) is 2.51. The second kappa shape index (κ2) is 9.43. The van der Waals surface area contributed by atoms with Crippen molar-refractivity contribution in [2.45, 2.75) is 65.3 Å². The standard InChI is InChI=1S/C25H34N2O4/c1-3-18-15-20-17(2)14-22(28)31-24(20)21(23(18)29)16-26-12-8-19(9-13-26)25(30)27-10-6-4-5-7-11-27/h14-15,19,29H,3-13,16H2,1-2H3. The largest absolute Gasteiger partial charge is 0.507 e. The van der Waals surface area contributed by atoms with Gasteiger partial charge in [0.25, 0.3) is 0 Å². The predicted molar refractivity (Wildman–Crippen MR) is 121 cm³/mol. The number of hydrogen-bond acceptors (Lipinski definition) is 5. The zero-order chi connectivity index (χ0) is 22.0. The van der Waals surface area contributed by atoms with Crippen molar-refractivity contribution in [3.63, 3.8) is 0 Å². The van der Waals surface area contributed by atoms with Crippen LogP contribution in [-0.4, -0.2) is 47.0 Å². The summed E-state index contributed by atoms with van der Waals surface area (Å²) in [6, 6.07) is 3.43. The molecule has 2 saturated heterocycles. The fourth-order valence-electron chi connectivity index (χ4n) is 5.09. The minimum absolute atomic E-state index is 0.0989. The molecule has 0 aliphatic carbocycles. The highest BCUT2D eigenvalue weighted by Crippen LogP contribution is 2.34. The zero-order valence-corrected chi connectivity index (χ0v) is 18.8. The number of carbonyl (C=O) groups is 1. The first-order valence-corrected chi connectivity index (χ1v) is 11.8. The number of fused-ring (bicyclic) bond motifs is 1. The molecule has 1 N–H and O–H groups in total. The number of phenolic OH excluding ortho intramolecular Hbond substituents is 1. The van der Waals surface area contributed by atoms with E-state index in [-0.39, 0.29) is 11.7 Å². The first-order valence-electron chi connectivity index (χ1n) is 11.8. The summed E-state index contributed by atoms with van der Waals surface area (Å²) < 4.78 is 5.54. The van der Waals surface area contributed by atoms with Crippen LogP contribution in [0.4, 0.5) is 0 Å².